The Labute approximate surface area is 125 Å². The lowest BCUT2D eigenvalue weighted by Crippen LogP contribution is -2.11. The van der Waals surface area contributed by atoms with Crippen LogP contribution in [0.2, 0.25) is 0 Å². The largest absolute Gasteiger partial charge is 0.376 e. The lowest BCUT2D eigenvalue weighted by Gasteiger charge is -2.18. The Morgan fingerprint density at radius 2 is 1.81 bits per heavy atom. The number of anilines is 4. The van der Waals surface area contributed by atoms with Gasteiger partial charge in [0.1, 0.15) is 17.5 Å². The highest BCUT2D eigenvalue weighted by Gasteiger charge is 2.27. The number of aromatic nitrogens is 2. The number of hydrogen-bond acceptors (Lipinski definition) is 5. The molecule has 1 fully saturated rings. The zero-order valence-corrected chi connectivity index (χ0v) is 12.7. The van der Waals surface area contributed by atoms with Crippen LogP contribution in [0.5, 0.6) is 0 Å². The maximum Gasteiger partial charge on any atom is 0.136 e. The molecule has 21 heavy (non-hydrogen) atoms. The van der Waals surface area contributed by atoms with E-state index in [-0.39, 0.29) is 0 Å². The molecule has 0 unspecified atom stereocenters. The van der Waals surface area contributed by atoms with E-state index < -0.39 is 0 Å². The molecule has 0 radical (unpaired) electrons. The number of para-hydroxylation sites is 2. The van der Waals surface area contributed by atoms with E-state index in [0.717, 1.165) is 28.8 Å². The van der Waals surface area contributed by atoms with Crippen LogP contribution in [-0.4, -0.2) is 31.1 Å². The molecular weight excluding hydrogens is 262 g/mol. The van der Waals surface area contributed by atoms with E-state index in [1.54, 1.807) is 0 Å². The Kier molecular flexibility index (Phi) is 3.64. The number of benzene rings is 1. The van der Waals surface area contributed by atoms with Crippen LogP contribution in [0.1, 0.15) is 24.6 Å². The zero-order chi connectivity index (χ0) is 14.8. The Bertz CT molecular complexity index is 634. The summed E-state index contributed by atoms with van der Waals surface area (Å²) in [7, 11) is 5.96. The Morgan fingerprint density at radius 3 is 2.48 bits per heavy atom. The van der Waals surface area contributed by atoms with Gasteiger partial charge in [-0.2, -0.15) is 0 Å². The van der Waals surface area contributed by atoms with Gasteiger partial charge in [0.05, 0.1) is 11.4 Å². The molecule has 5 heteroatoms. The van der Waals surface area contributed by atoms with Crippen LogP contribution in [0.3, 0.4) is 0 Å². The average molecular weight is 283 g/mol. The maximum absolute atomic E-state index is 4.66. The molecule has 1 heterocycles. The predicted octanol–water partition coefficient (Wildman–Crippen LogP) is 3.21. The second-order valence-corrected chi connectivity index (χ2v) is 5.56. The monoisotopic (exact) mass is 283 g/mol. The van der Waals surface area contributed by atoms with E-state index in [0.29, 0.717) is 5.92 Å². The lowest BCUT2D eigenvalue weighted by atomic mass is 10.2. The molecule has 1 aromatic heterocycles. The quantitative estimate of drug-likeness (QED) is 0.882. The minimum atomic E-state index is 0.531. The van der Waals surface area contributed by atoms with Crippen molar-refractivity contribution in [3.05, 3.63) is 36.2 Å². The van der Waals surface area contributed by atoms with Crippen LogP contribution in [-0.2, 0) is 0 Å². The summed E-state index contributed by atoms with van der Waals surface area (Å²) in [5, 5.41) is 6.53. The molecule has 1 aromatic carbocycles. The lowest BCUT2D eigenvalue weighted by molar-refractivity contribution is 0.932. The van der Waals surface area contributed by atoms with E-state index in [9.17, 15) is 0 Å². The zero-order valence-electron chi connectivity index (χ0n) is 12.7. The van der Waals surface area contributed by atoms with Gasteiger partial charge >= 0.3 is 0 Å². The fraction of sp³-hybridized carbons (Fsp3) is 0.375. The molecule has 110 valence electrons. The molecule has 2 aromatic rings. The fourth-order valence-corrected chi connectivity index (χ4v) is 2.29. The molecule has 1 saturated carbocycles. The number of nitrogens with zero attached hydrogens (tertiary/aromatic N) is 3. The first-order valence-electron chi connectivity index (χ1n) is 7.27. The highest BCUT2D eigenvalue weighted by atomic mass is 15.1. The summed E-state index contributed by atoms with van der Waals surface area (Å²) < 4.78 is 0. The van der Waals surface area contributed by atoms with Crippen LogP contribution in [0, 0.1) is 0 Å². The molecule has 0 saturated heterocycles. The second-order valence-electron chi connectivity index (χ2n) is 5.56. The van der Waals surface area contributed by atoms with Gasteiger partial charge < -0.3 is 15.5 Å². The third kappa shape index (κ3) is 3.07. The van der Waals surface area contributed by atoms with Gasteiger partial charge in [0, 0.05) is 33.1 Å². The van der Waals surface area contributed by atoms with Crippen molar-refractivity contribution in [2.75, 3.05) is 36.7 Å². The second kappa shape index (κ2) is 5.60. The molecule has 0 aliphatic heterocycles. The Balaban J connectivity index is 1.92. The molecule has 0 atom stereocenters. The summed E-state index contributed by atoms with van der Waals surface area (Å²) in [5.41, 5.74) is 2.18. The van der Waals surface area contributed by atoms with Crippen molar-refractivity contribution in [2.24, 2.45) is 0 Å². The van der Waals surface area contributed by atoms with Crippen molar-refractivity contribution in [2.45, 2.75) is 18.8 Å². The van der Waals surface area contributed by atoms with E-state index in [1.165, 1.54) is 12.8 Å². The van der Waals surface area contributed by atoms with E-state index in [1.807, 2.05) is 39.3 Å². The molecular formula is C16H21N5. The van der Waals surface area contributed by atoms with Crippen molar-refractivity contribution in [3.8, 4) is 0 Å². The summed E-state index contributed by atoms with van der Waals surface area (Å²) in [5.74, 6) is 3.16. The van der Waals surface area contributed by atoms with Crippen LogP contribution in [0.4, 0.5) is 23.0 Å². The average Bonchev–Trinajstić information content (AvgIpc) is 3.32. The third-order valence-electron chi connectivity index (χ3n) is 3.59. The van der Waals surface area contributed by atoms with Gasteiger partial charge in [0.15, 0.2) is 0 Å². The molecule has 3 rings (SSSR count). The van der Waals surface area contributed by atoms with E-state index >= 15 is 0 Å². The van der Waals surface area contributed by atoms with Gasteiger partial charge in [-0.3, -0.25) is 0 Å². The standard InChI is InChI=1S/C16H21N5/c1-17-14-10-15(20-16(19-14)11-8-9-11)18-12-6-4-5-7-13(12)21(2)3/h4-7,10-11H,8-9H2,1-3H3,(H2,17,18,19,20). The normalized spacial score (nSPS) is 13.9. The minimum Gasteiger partial charge on any atom is -0.376 e. The molecule has 0 amide bonds. The van der Waals surface area contributed by atoms with Crippen molar-refractivity contribution < 1.29 is 0 Å². The third-order valence-corrected chi connectivity index (χ3v) is 3.59. The summed E-state index contributed by atoms with van der Waals surface area (Å²) in [6, 6.07) is 10.2. The molecule has 5 nitrogen and oxygen atoms in total. The molecule has 1 aliphatic rings. The summed E-state index contributed by atoms with van der Waals surface area (Å²) in [4.78, 5) is 11.3. The maximum atomic E-state index is 4.66. The van der Waals surface area contributed by atoms with E-state index in [2.05, 4.69) is 37.6 Å². The summed E-state index contributed by atoms with van der Waals surface area (Å²) in [6.45, 7) is 0. The highest BCUT2D eigenvalue weighted by molar-refractivity contribution is 5.74. The van der Waals surface area contributed by atoms with Gasteiger partial charge in [0.25, 0.3) is 0 Å². The van der Waals surface area contributed by atoms with Gasteiger partial charge in [-0.1, -0.05) is 12.1 Å². The van der Waals surface area contributed by atoms with Crippen molar-refractivity contribution in [1.29, 1.82) is 0 Å². The first-order chi connectivity index (χ1) is 10.2. The van der Waals surface area contributed by atoms with Gasteiger partial charge in [-0.25, -0.2) is 9.97 Å². The number of rotatable bonds is 5. The number of nitrogens with one attached hydrogen (secondary N) is 2. The van der Waals surface area contributed by atoms with E-state index in [4.69, 9.17) is 0 Å². The van der Waals surface area contributed by atoms with Crippen LogP contribution < -0.4 is 15.5 Å². The first-order valence-corrected chi connectivity index (χ1v) is 7.27. The fourth-order valence-electron chi connectivity index (χ4n) is 2.29. The first kappa shape index (κ1) is 13.7. The highest BCUT2D eigenvalue weighted by Crippen LogP contribution is 2.39. The Hall–Kier alpha value is -2.30. The predicted molar refractivity (Wildman–Crippen MR) is 87.6 cm³/mol. The molecule has 0 bridgehead atoms. The topological polar surface area (TPSA) is 53.1 Å². The Morgan fingerprint density at radius 1 is 1.10 bits per heavy atom. The van der Waals surface area contributed by atoms with Gasteiger partial charge in [-0.05, 0) is 25.0 Å². The van der Waals surface area contributed by atoms with Crippen molar-refractivity contribution in [1.82, 2.24) is 9.97 Å². The molecule has 0 spiro atoms. The SMILES string of the molecule is CNc1cc(Nc2ccccc2N(C)C)nc(C2CC2)n1. The van der Waals surface area contributed by atoms with Crippen LogP contribution in [0.25, 0.3) is 0 Å². The van der Waals surface area contributed by atoms with Crippen LogP contribution >= 0.6 is 0 Å². The number of hydrogen-bond donors (Lipinski definition) is 2. The van der Waals surface area contributed by atoms with Crippen LogP contribution in [0.15, 0.2) is 30.3 Å². The molecule has 2 N–H and O–H groups in total. The van der Waals surface area contributed by atoms with Gasteiger partial charge in [0.2, 0.25) is 0 Å². The van der Waals surface area contributed by atoms with Gasteiger partial charge in [-0.15, -0.1) is 0 Å². The summed E-state index contributed by atoms with van der Waals surface area (Å²) in [6.07, 6.45) is 2.39. The van der Waals surface area contributed by atoms with Crippen molar-refractivity contribution >= 4 is 23.0 Å². The summed E-state index contributed by atoms with van der Waals surface area (Å²) >= 11 is 0. The minimum absolute atomic E-state index is 0.531. The van der Waals surface area contributed by atoms with Crippen molar-refractivity contribution in [3.63, 3.8) is 0 Å². The molecule has 1 aliphatic carbocycles. The smallest absolute Gasteiger partial charge is 0.136 e.